The number of amides is 1. The van der Waals surface area contributed by atoms with E-state index in [1.807, 2.05) is 11.5 Å². The van der Waals surface area contributed by atoms with E-state index in [4.69, 9.17) is 0 Å². The van der Waals surface area contributed by atoms with Crippen LogP contribution in [-0.2, 0) is 24.2 Å². The molecule has 1 heterocycles. The van der Waals surface area contributed by atoms with Gasteiger partial charge in [-0.25, -0.2) is 13.8 Å². The summed E-state index contributed by atoms with van der Waals surface area (Å²) in [6.45, 7) is 4.01. The summed E-state index contributed by atoms with van der Waals surface area (Å²) in [6, 6.07) is 1.87. The van der Waals surface area contributed by atoms with E-state index in [1.54, 1.807) is 12.5 Å². The molecule has 36 heavy (non-hydrogen) atoms. The number of nitrogens with one attached hydrogen (secondary N) is 3. The van der Waals surface area contributed by atoms with Crippen molar-refractivity contribution in [1.82, 2.24) is 20.2 Å². The van der Waals surface area contributed by atoms with Crippen LogP contribution in [0, 0.1) is 11.6 Å². The number of anilines is 1. The Balaban J connectivity index is 1.26. The normalized spacial score (nSPS) is 20.1. The standard InChI is InChI=1S/C27H39F2N5O2/c1-2-6-24(32-21-8-7-19-13-20(28)14-23(29)22(19)15-21)26(35)33-25-16-34(18-31-25)12-11-30-17-27(36)9-4-3-5-10-27/h13-14,16,18,21,24,30,32,36H,2-12,15,17H2,1H3,(H,33,35)/t21?,24-/m0/s1. The topological polar surface area (TPSA) is 91.2 Å². The molecule has 0 radical (unpaired) electrons. The SMILES string of the molecule is CCC[C@H](NC1CCc2cc(F)cc(F)c2C1)C(=O)Nc1cn(CCNCC2(O)CCCCC2)cn1. The number of hydrogen-bond acceptors (Lipinski definition) is 5. The molecule has 1 amide bonds. The van der Waals surface area contributed by atoms with Crippen LogP contribution in [-0.4, -0.2) is 51.3 Å². The second kappa shape index (κ2) is 12.3. The Morgan fingerprint density at radius 2 is 2.08 bits per heavy atom. The van der Waals surface area contributed by atoms with Gasteiger partial charge in [-0.05, 0) is 55.7 Å². The fraction of sp³-hybridized carbons (Fsp3) is 0.630. The molecule has 1 saturated carbocycles. The minimum Gasteiger partial charge on any atom is -0.389 e. The van der Waals surface area contributed by atoms with Crippen molar-refractivity contribution in [3.63, 3.8) is 0 Å². The molecule has 0 spiro atoms. The Morgan fingerprint density at radius 1 is 1.28 bits per heavy atom. The first-order chi connectivity index (χ1) is 17.3. The van der Waals surface area contributed by atoms with Gasteiger partial charge >= 0.3 is 0 Å². The van der Waals surface area contributed by atoms with Gasteiger partial charge in [-0.15, -0.1) is 0 Å². The van der Waals surface area contributed by atoms with Crippen LogP contribution >= 0.6 is 0 Å². The van der Waals surface area contributed by atoms with Crippen LogP contribution in [0.3, 0.4) is 0 Å². The van der Waals surface area contributed by atoms with Gasteiger partial charge in [0.25, 0.3) is 0 Å². The first kappa shape index (κ1) is 26.7. The Bertz CT molecular complexity index is 1020. The number of hydrogen-bond donors (Lipinski definition) is 4. The summed E-state index contributed by atoms with van der Waals surface area (Å²) < 4.78 is 29.7. The number of benzene rings is 1. The predicted octanol–water partition coefficient (Wildman–Crippen LogP) is 3.70. The minimum absolute atomic E-state index is 0.0534. The van der Waals surface area contributed by atoms with Crippen molar-refractivity contribution >= 4 is 11.7 Å². The summed E-state index contributed by atoms with van der Waals surface area (Å²) in [5.74, 6) is -0.729. The van der Waals surface area contributed by atoms with E-state index < -0.39 is 23.3 Å². The minimum atomic E-state index is -0.587. The van der Waals surface area contributed by atoms with Crippen molar-refractivity contribution in [2.75, 3.05) is 18.4 Å². The number of carbonyl (C=O) groups is 1. The third-order valence-electron chi connectivity index (χ3n) is 7.47. The lowest BCUT2D eigenvalue weighted by Gasteiger charge is -2.32. The fourth-order valence-electron chi connectivity index (χ4n) is 5.47. The number of aromatic nitrogens is 2. The smallest absolute Gasteiger partial charge is 0.242 e. The number of halogens is 2. The maximum absolute atomic E-state index is 14.3. The van der Waals surface area contributed by atoms with Gasteiger partial charge in [0.2, 0.25) is 5.91 Å². The molecule has 0 saturated heterocycles. The molecule has 9 heteroatoms. The predicted molar refractivity (Wildman–Crippen MR) is 136 cm³/mol. The Morgan fingerprint density at radius 3 is 2.86 bits per heavy atom. The van der Waals surface area contributed by atoms with Gasteiger partial charge in [-0.3, -0.25) is 4.79 Å². The summed E-state index contributed by atoms with van der Waals surface area (Å²) in [6.07, 6.45) is 11.8. The molecular weight excluding hydrogens is 464 g/mol. The zero-order chi connectivity index (χ0) is 25.5. The lowest BCUT2D eigenvalue weighted by molar-refractivity contribution is -0.118. The second-order valence-electron chi connectivity index (χ2n) is 10.4. The highest BCUT2D eigenvalue weighted by molar-refractivity contribution is 5.94. The molecule has 0 bridgehead atoms. The van der Waals surface area contributed by atoms with Gasteiger partial charge in [-0.1, -0.05) is 32.6 Å². The van der Waals surface area contributed by atoms with Crippen LogP contribution in [0.25, 0.3) is 0 Å². The van der Waals surface area contributed by atoms with E-state index in [0.717, 1.165) is 50.2 Å². The molecular formula is C27H39F2N5O2. The Labute approximate surface area is 212 Å². The molecule has 4 rings (SSSR count). The molecule has 7 nitrogen and oxygen atoms in total. The number of carbonyl (C=O) groups excluding carboxylic acids is 1. The third kappa shape index (κ3) is 7.11. The lowest BCUT2D eigenvalue weighted by atomic mass is 9.85. The van der Waals surface area contributed by atoms with Crippen molar-refractivity contribution in [2.24, 2.45) is 0 Å². The average Bonchev–Trinajstić information content (AvgIpc) is 3.29. The number of rotatable bonds is 11. The first-order valence-corrected chi connectivity index (χ1v) is 13.3. The third-order valence-corrected chi connectivity index (χ3v) is 7.47. The molecule has 198 valence electrons. The molecule has 2 aromatic rings. The summed E-state index contributed by atoms with van der Waals surface area (Å²) in [5, 5.41) is 20.2. The summed E-state index contributed by atoms with van der Waals surface area (Å²) in [7, 11) is 0. The maximum Gasteiger partial charge on any atom is 0.242 e. The lowest BCUT2D eigenvalue weighted by Crippen LogP contribution is -2.48. The fourth-order valence-corrected chi connectivity index (χ4v) is 5.47. The zero-order valence-corrected chi connectivity index (χ0v) is 21.2. The molecule has 1 aromatic heterocycles. The van der Waals surface area contributed by atoms with Crippen molar-refractivity contribution in [3.8, 4) is 0 Å². The largest absolute Gasteiger partial charge is 0.389 e. The van der Waals surface area contributed by atoms with Gasteiger partial charge in [0, 0.05) is 37.9 Å². The molecule has 1 unspecified atom stereocenters. The van der Waals surface area contributed by atoms with Crippen molar-refractivity contribution < 1.29 is 18.7 Å². The van der Waals surface area contributed by atoms with Crippen LogP contribution in [0.15, 0.2) is 24.7 Å². The zero-order valence-electron chi connectivity index (χ0n) is 21.2. The van der Waals surface area contributed by atoms with Gasteiger partial charge < -0.3 is 25.6 Å². The van der Waals surface area contributed by atoms with E-state index in [2.05, 4.69) is 20.9 Å². The molecule has 2 atom stereocenters. The molecule has 1 aromatic carbocycles. The maximum atomic E-state index is 14.3. The summed E-state index contributed by atoms with van der Waals surface area (Å²) in [5.41, 5.74) is 0.671. The Kier molecular flexibility index (Phi) is 9.09. The number of aliphatic hydroxyl groups is 1. The van der Waals surface area contributed by atoms with Crippen molar-refractivity contribution in [2.45, 2.75) is 95.4 Å². The van der Waals surface area contributed by atoms with Crippen molar-refractivity contribution in [1.29, 1.82) is 0 Å². The van der Waals surface area contributed by atoms with Crippen LogP contribution < -0.4 is 16.0 Å². The number of fused-ring (bicyclic) bond motifs is 1. The number of imidazole rings is 1. The molecule has 0 aliphatic heterocycles. The first-order valence-electron chi connectivity index (χ1n) is 13.3. The molecule has 1 fully saturated rings. The van der Waals surface area contributed by atoms with Crippen LogP contribution in [0.2, 0.25) is 0 Å². The summed E-state index contributed by atoms with van der Waals surface area (Å²) in [4.78, 5) is 17.3. The van der Waals surface area contributed by atoms with Gasteiger partial charge in [-0.2, -0.15) is 0 Å². The van der Waals surface area contributed by atoms with E-state index in [0.29, 0.717) is 50.3 Å². The monoisotopic (exact) mass is 503 g/mol. The highest BCUT2D eigenvalue weighted by atomic mass is 19.1. The van der Waals surface area contributed by atoms with Crippen molar-refractivity contribution in [3.05, 3.63) is 47.4 Å². The molecule has 2 aliphatic rings. The van der Waals surface area contributed by atoms with Gasteiger partial charge in [0.1, 0.15) is 11.6 Å². The number of aryl methyl sites for hydroxylation is 1. The Hall–Kier alpha value is -2.36. The van der Waals surface area contributed by atoms with Crippen LogP contribution in [0.5, 0.6) is 0 Å². The number of nitrogens with zero attached hydrogens (tertiary/aromatic N) is 2. The van der Waals surface area contributed by atoms with E-state index in [9.17, 15) is 18.7 Å². The highest BCUT2D eigenvalue weighted by Gasteiger charge is 2.29. The molecule has 4 N–H and O–H groups in total. The van der Waals surface area contributed by atoms with Gasteiger partial charge in [0.05, 0.1) is 18.0 Å². The second-order valence-corrected chi connectivity index (χ2v) is 10.4. The van der Waals surface area contributed by atoms with E-state index in [-0.39, 0.29) is 11.9 Å². The summed E-state index contributed by atoms with van der Waals surface area (Å²) >= 11 is 0. The molecule has 2 aliphatic carbocycles. The van der Waals surface area contributed by atoms with Gasteiger partial charge in [0.15, 0.2) is 5.82 Å². The van der Waals surface area contributed by atoms with Crippen LogP contribution in [0.1, 0.15) is 69.4 Å². The van der Waals surface area contributed by atoms with E-state index in [1.165, 1.54) is 12.5 Å². The van der Waals surface area contributed by atoms with E-state index >= 15 is 0 Å². The van der Waals surface area contributed by atoms with Crippen LogP contribution in [0.4, 0.5) is 14.6 Å². The highest BCUT2D eigenvalue weighted by Crippen LogP contribution is 2.27. The average molecular weight is 504 g/mol. The quantitative estimate of drug-likeness (QED) is 0.351.